The highest BCUT2D eigenvalue weighted by Gasteiger charge is 2.23. The Morgan fingerprint density at radius 1 is 0.750 bits per heavy atom. The second-order valence-electron chi connectivity index (χ2n) is 6.17. The normalized spacial score (nSPS) is 9.44. The summed E-state index contributed by atoms with van der Waals surface area (Å²) in [5.74, 6) is 3.13. The van der Waals surface area contributed by atoms with Gasteiger partial charge >= 0.3 is 12.2 Å². The molecule has 8 nitrogen and oxygen atoms in total. The summed E-state index contributed by atoms with van der Waals surface area (Å²) in [7, 11) is 2.37. The summed E-state index contributed by atoms with van der Waals surface area (Å²) in [5, 5.41) is 0. The molecule has 0 radical (unpaired) electrons. The minimum Gasteiger partial charge on any atom is -0.452 e. The van der Waals surface area contributed by atoms with Crippen molar-refractivity contribution in [3.05, 3.63) is 85.2 Å². The molecule has 0 unspecified atom stereocenters. The van der Waals surface area contributed by atoms with Gasteiger partial charge in [0.15, 0.2) is 0 Å². The van der Waals surface area contributed by atoms with Crippen LogP contribution in [-0.2, 0) is 19.1 Å². The highest BCUT2D eigenvalue weighted by molar-refractivity contribution is 6.10. The number of ether oxygens (including phenoxy) is 2. The minimum atomic E-state index is -0.799. The molecule has 0 N–H and O–H groups in total. The Bertz CT molecular complexity index is 1070. The van der Waals surface area contributed by atoms with E-state index in [0.29, 0.717) is 33.6 Å². The molecule has 0 heterocycles. The van der Waals surface area contributed by atoms with Crippen LogP contribution >= 0.6 is 0 Å². The van der Waals surface area contributed by atoms with Gasteiger partial charge in [-0.1, -0.05) is 49.6 Å². The molecule has 32 heavy (non-hydrogen) atoms. The molecule has 0 fully saturated rings. The number of nitrogens with zero attached hydrogens (tertiary/aromatic N) is 2. The molecule has 8 heteroatoms. The number of benzene rings is 2. The number of carbonyl (C=O) groups is 2. The average Bonchev–Trinajstić information content (AvgIpc) is 2.84. The van der Waals surface area contributed by atoms with Gasteiger partial charge in [-0.3, -0.25) is 0 Å². The number of amides is 2. The lowest BCUT2D eigenvalue weighted by Gasteiger charge is -2.23. The largest absolute Gasteiger partial charge is 0.452 e. The fourth-order valence-electron chi connectivity index (χ4n) is 2.95. The van der Waals surface area contributed by atoms with Crippen molar-refractivity contribution in [1.82, 2.24) is 0 Å². The van der Waals surface area contributed by atoms with Gasteiger partial charge in [-0.15, -0.1) is 0 Å². The first-order chi connectivity index (χ1) is 15.4. The lowest BCUT2D eigenvalue weighted by molar-refractivity contribution is 0.180. The van der Waals surface area contributed by atoms with E-state index in [-0.39, 0.29) is 0 Å². The molecule has 162 valence electrons. The topological polar surface area (TPSA) is 93.2 Å². The van der Waals surface area contributed by atoms with Gasteiger partial charge in [-0.05, 0) is 23.3 Å². The van der Waals surface area contributed by atoms with Gasteiger partial charge in [0.05, 0.1) is 38.0 Å². The molecule has 0 saturated carbocycles. The third-order valence-electron chi connectivity index (χ3n) is 4.45. The molecule has 0 saturated heterocycles. The Kier molecular flexibility index (Phi) is 8.08. The zero-order valence-electron chi connectivity index (χ0n) is 17.5. The summed E-state index contributed by atoms with van der Waals surface area (Å²) in [4.78, 5) is 48.3. The van der Waals surface area contributed by atoms with Crippen LogP contribution in [0.4, 0.5) is 21.0 Å². The Hall–Kier alpha value is -4.64. The number of carbonyl (C=O) groups excluding carboxylic acids is 4. The highest BCUT2D eigenvalue weighted by atomic mass is 16.5. The number of methoxy groups -OCH3 is 2. The zero-order valence-corrected chi connectivity index (χ0v) is 17.5. The summed E-state index contributed by atoms with van der Waals surface area (Å²) < 4.78 is 9.48. The van der Waals surface area contributed by atoms with Gasteiger partial charge in [0.1, 0.15) is 11.9 Å². The summed E-state index contributed by atoms with van der Waals surface area (Å²) in [6, 6.07) is 13.3. The quantitative estimate of drug-likeness (QED) is 0.480. The van der Waals surface area contributed by atoms with E-state index in [4.69, 9.17) is 9.47 Å². The van der Waals surface area contributed by atoms with Crippen LogP contribution < -0.4 is 9.80 Å². The summed E-state index contributed by atoms with van der Waals surface area (Å²) in [5.41, 5.74) is 2.34. The van der Waals surface area contributed by atoms with Crippen LogP contribution in [0, 0.1) is 0 Å². The molecule has 0 aliphatic carbocycles. The van der Waals surface area contributed by atoms with Crippen molar-refractivity contribution in [1.29, 1.82) is 0 Å². The van der Waals surface area contributed by atoms with E-state index < -0.39 is 12.2 Å². The molecule has 0 aliphatic heterocycles. The number of hydrogen-bond donors (Lipinski definition) is 0. The fourth-order valence-corrected chi connectivity index (χ4v) is 2.95. The van der Waals surface area contributed by atoms with Crippen molar-refractivity contribution in [2.24, 2.45) is 0 Å². The molecule has 0 spiro atoms. The molecular formula is C24H20N2O6. The minimum absolute atomic E-state index is 0.309. The molecule has 0 bridgehead atoms. The van der Waals surface area contributed by atoms with Crippen molar-refractivity contribution in [2.45, 2.75) is 0 Å². The Morgan fingerprint density at radius 2 is 1.09 bits per heavy atom. The van der Waals surface area contributed by atoms with Crippen LogP contribution in [0.5, 0.6) is 0 Å². The molecular weight excluding hydrogens is 412 g/mol. The van der Waals surface area contributed by atoms with E-state index in [1.54, 1.807) is 60.4 Å². The van der Waals surface area contributed by atoms with Crippen LogP contribution in [0.1, 0.15) is 11.1 Å². The first kappa shape index (κ1) is 23.6. The number of allylic oxidation sites excluding steroid dienone is 2. The van der Waals surface area contributed by atoms with E-state index in [1.165, 1.54) is 14.2 Å². The molecule has 2 aromatic carbocycles. The monoisotopic (exact) mass is 432 g/mol. The van der Waals surface area contributed by atoms with Gasteiger partial charge in [0.2, 0.25) is 0 Å². The predicted octanol–water partition coefficient (Wildman–Crippen LogP) is 4.25. The van der Waals surface area contributed by atoms with E-state index in [0.717, 1.165) is 22.2 Å². The van der Waals surface area contributed by atoms with Crippen LogP contribution in [0.15, 0.2) is 74.1 Å². The Balaban J connectivity index is 2.60. The number of anilines is 2. The third-order valence-corrected chi connectivity index (χ3v) is 4.45. The maximum absolute atomic E-state index is 12.2. The second kappa shape index (κ2) is 10.9. The lowest BCUT2D eigenvalue weighted by atomic mass is 9.92. The summed E-state index contributed by atoms with van der Waals surface area (Å²) in [6.45, 7) is 8.18. The van der Waals surface area contributed by atoms with Crippen LogP contribution in [0.25, 0.3) is 11.1 Å². The van der Waals surface area contributed by atoms with E-state index in [2.05, 4.69) is 13.2 Å². The van der Waals surface area contributed by atoms with Gasteiger partial charge in [0.25, 0.3) is 0 Å². The molecule has 2 amide bonds. The molecule has 0 atom stereocenters. The van der Waals surface area contributed by atoms with E-state index >= 15 is 0 Å². The number of hydrogen-bond acceptors (Lipinski definition) is 6. The van der Waals surface area contributed by atoms with Gasteiger partial charge in [-0.2, -0.15) is 0 Å². The summed E-state index contributed by atoms with van der Waals surface area (Å²) in [6.07, 6.45) is 0.214. The Morgan fingerprint density at radius 3 is 1.41 bits per heavy atom. The SMILES string of the molecule is C=C(C(=C)c1ccccc1N(C=C=O)C(=O)OC)c1ccccc1N(C=C=O)C(=O)OC. The lowest BCUT2D eigenvalue weighted by Crippen LogP contribution is -2.26. The molecule has 2 aromatic rings. The van der Waals surface area contributed by atoms with Gasteiger partial charge in [0, 0.05) is 11.1 Å². The Labute approximate surface area is 185 Å². The first-order valence-electron chi connectivity index (χ1n) is 9.14. The van der Waals surface area contributed by atoms with Gasteiger partial charge < -0.3 is 9.47 Å². The highest BCUT2D eigenvalue weighted by Crippen LogP contribution is 2.38. The maximum Gasteiger partial charge on any atom is 0.418 e. The van der Waals surface area contributed by atoms with Crippen LogP contribution in [0.3, 0.4) is 0 Å². The standard InChI is InChI=1S/C24H20N2O6/c1-17(19-9-5-7-11-21(19)25(13-15-27)23(29)31-3)18(2)20-10-6-8-12-22(20)26(14-16-28)24(30)32-4/h5-14H,1-2H2,3-4H3. The average molecular weight is 432 g/mol. The fraction of sp³-hybridized carbons (Fsp3) is 0.0833. The molecule has 0 aliphatic rings. The van der Waals surface area contributed by atoms with E-state index in [9.17, 15) is 19.2 Å². The van der Waals surface area contributed by atoms with Crippen molar-refractivity contribution >= 4 is 46.6 Å². The zero-order chi connectivity index (χ0) is 23.7. The third kappa shape index (κ3) is 4.91. The molecule has 0 aromatic heterocycles. The van der Waals surface area contributed by atoms with E-state index in [1.807, 2.05) is 0 Å². The van der Waals surface area contributed by atoms with Crippen molar-refractivity contribution in [3.8, 4) is 0 Å². The smallest absolute Gasteiger partial charge is 0.418 e. The number of rotatable bonds is 7. The van der Waals surface area contributed by atoms with Crippen LogP contribution in [0.2, 0.25) is 0 Å². The second-order valence-corrected chi connectivity index (χ2v) is 6.17. The predicted molar refractivity (Wildman–Crippen MR) is 121 cm³/mol. The van der Waals surface area contributed by atoms with Crippen molar-refractivity contribution < 1.29 is 28.7 Å². The number of para-hydroxylation sites is 2. The van der Waals surface area contributed by atoms with Crippen molar-refractivity contribution in [2.75, 3.05) is 24.0 Å². The summed E-state index contributed by atoms with van der Waals surface area (Å²) >= 11 is 0. The van der Waals surface area contributed by atoms with Gasteiger partial charge in [-0.25, -0.2) is 29.0 Å². The van der Waals surface area contributed by atoms with Crippen LogP contribution in [-0.4, -0.2) is 38.3 Å². The van der Waals surface area contributed by atoms with Crippen molar-refractivity contribution in [3.63, 3.8) is 0 Å². The molecule has 2 rings (SSSR count). The first-order valence-corrected chi connectivity index (χ1v) is 9.14. The maximum atomic E-state index is 12.2.